The molecule has 0 saturated heterocycles. The Morgan fingerprint density at radius 1 is 1.00 bits per heavy atom. The largest absolute Gasteiger partial charge is 0.481 e. The van der Waals surface area contributed by atoms with Crippen LogP contribution in [0.15, 0.2) is 48.5 Å². The van der Waals surface area contributed by atoms with E-state index >= 15 is 0 Å². The van der Waals surface area contributed by atoms with Crippen LogP contribution < -0.4 is 0 Å². The molecule has 1 saturated carbocycles. The topological polar surface area (TPSA) is 66.8 Å². The monoisotopic (exact) mass is 407 g/mol. The summed E-state index contributed by atoms with van der Waals surface area (Å²) < 4.78 is 5.83. The predicted molar refractivity (Wildman–Crippen MR) is 115 cm³/mol. The van der Waals surface area contributed by atoms with Crippen molar-refractivity contribution in [2.45, 2.75) is 51.5 Å². The van der Waals surface area contributed by atoms with Gasteiger partial charge in [0.15, 0.2) is 0 Å². The number of hydrogen-bond donors (Lipinski definition) is 1. The Kier molecular flexibility index (Phi) is 5.54. The van der Waals surface area contributed by atoms with Crippen LogP contribution in [0.25, 0.3) is 11.1 Å². The summed E-state index contributed by atoms with van der Waals surface area (Å²) in [5, 5.41) is 9.56. The molecule has 2 aromatic carbocycles. The molecular weight excluding hydrogens is 378 g/mol. The number of ether oxygens (including phenoxy) is 1. The van der Waals surface area contributed by atoms with Gasteiger partial charge in [0.05, 0.1) is 5.41 Å². The van der Waals surface area contributed by atoms with E-state index in [1.807, 2.05) is 24.3 Å². The van der Waals surface area contributed by atoms with Gasteiger partial charge in [-0.15, -0.1) is 0 Å². The molecule has 0 heterocycles. The molecule has 0 spiro atoms. The fraction of sp³-hybridized carbons (Fsp3) is 0.440. The standard InChI is InChI=1S/C25H29NO4/c1-25(2,23(27)28)16-26(17-9-3-4-10-17)24(29)30-15-22-20-13-7-5-11-18(20)19-12-6-8-14-21(19)22/h5-8,11-14,17,22H,3-4,9-10,15-16H2,1-2H3,(H,27,28). The number of carboxylic acid groups (broad SMARTS) is 1. The van der Waals surface area contributed by atoms with Crippen LogP contribution in [-0.2, 0) is 9.53 Å². The van der Waals surface area contributed by atoms with Crippen LogP contribution in [0.4, 0.5) is 4.79 Å². The Hall–Kier alpha value is -2.82. The van der Waals surface area contributed by atoms with Crippen molar-refractivity contribution in [1.29, 1.82) is 0 Å². The van der Waals surface area contributed by atoms with E-state index in [1.165, 1.54) is 22.3 Å². The number of carbonyl (C=O) groups is 2. The summed E-state index contributed by atoms with van der Waals surface area (Å²) in [6.07, 6.45) is 3.52. The molecule has 2 aliphatic rings. The van der Waals surface area contributed by atoms with Gasteiger partial charge in [0.2, 0.25) is 0 Å². The summed E-state index contributed by atoms with van der Waals surface area (Å²) in [6, 6.07) is 16.5. The molecule has 2 aromatic rings. The summed E-state index contributed by atoms with van der Waals surface area (Å²) in [5.74, 6) is -0.906. The second kappa shape index (κ2) is 8.13. The zero-order valence-electron chi connectivity index (χ0n) is 17.6. The van der Waals surface area contributed by atoms with Crippen LogP contribution in [0, 0.1) is 5.41 Å². The number of nitrogens with zero attached hydrogens (tertiary/aromatic N) is 1. The Bertz CT molecular complexity index is 900. The molecule has 0 unspecified atom stereocenters. The van der Waals surface area contributed by atoms with E-state index in [-0.39, 0.29) is 25.1 Å². The molecule has 0 bridgehead atoms. The second-order valence-electron chi connectivity index (χ2n) is 9.06. The van der Waals surface area contributed by atoms with Crippen molar-refractivity contribution in [3.63, 3.8) is 0 Å². The zero-order chi connectivity index (χ0) is 21.3. The van der Waals surface area contributed by atoms with E-state index in [2.05, 4.69) is 24.3 Å². The van der Waals surface area contributed by atoms with Gasteiger partial charge in [-0.05, 0) is 48.9 Å². The van der Waals surface area contributed by atoms with Crippen LogP contribution in [-0.4, -0.2) is 41.3 Å². The Morgan fingerprint density at radius 3 is 2.07 bits per heavy atom. The van der Waals surface area contributed by atoms with Crippen LogP contribution >= 0.6 is 0 Å². The maximum absolute atomic E-state index is 13.1. The minimum absolute atomic E-state index is 0.000683. The van der Waals surface area contributed by atoms with E-state index < -0.39 is 17.5 Å². The molecule has 5 heteroatoms. The quantitative estimate of drug-likeness (QED) is 0.706. The maximum atomic E-state index is 13.1. The normalized spacial score (nSPS) is 16.2. The highest BCUT2D eigenvalue weighted by molar-refractivity contribution is 5.79. The fourth-order valence-electron chi connectivity index (χ4n) is 4.73. The Balaban J connectivity index is 1.53. The van der Waals surface area contributed by atoms with E-state index in [9.17, 15) is 14.7 Å². The zero-order valence-corrected chi connectivity index (χ0v) is 17.6. The molecule has 158 valence electrons. The van der Waals surface area contributed by atoms with Gasteiger partial charge in [0, 0.05) is 18.5 Å². The third-order valence-corrected chi connectivity index (χ3v) is 6.48. The molecule has 1 fully saturated rings. The molecule has 4 rings (SSSR count). The summed E-state index contributed by atoms with van der Waals surface area (Å²) >= 11 is 0. The average molecular weight is 408 g/mol. The lowest BCUT2D eigenvalue weighted by Crippen LogP contribution is -2.47. The van der Waals surface area contributed by atoms with E-state index in [0.29, 0.717) is 0 Å². The number of aliphatic carboxylic acids is 1. The van der Waals surface area contributed by atoms with Gasteiger partial charge in [0.25, 0.3) is 0 Å². The lowest BCUT2D eigenvalue weighted by molar-refractivity contribution is -0.147. The first-order chi connectivity index (χ1) is 14.4. The van der Waals surface area contributed by atoms with Gasteiger partial charge in [-0.2, -0.15) is 0 Å². The van der Waals surface area contributed by atoms with Crippen molar-refractivity contribution in [2.24, 2.45) is 5.41 Å². The first-order valence-electron chi connectivity index (χ1n) is 10.7. The minimum Gasteiger partial charge on any atom is -0.481 e. The van der Waals surface area contributed by atoms with Gasteiger partial charge in [-0.1, -0.05) is 61.4 Å². The molecule has 0 aromatic heterocycles. The molecule has 0 radical (unpaired) electrons. The van der Waals surface area contributed by atoms with Crippen molar-refractivity contribution in [3.8, 4) is 11.1 Å². The van der Waals surface area contributed by atoms with Crippen molar-refractivity contribution < 1.29 is 19.4 Å². The smallest absolute Gasteiger partial charge is 0.410 e. The first kappa shape index (κ1) is 20.5. The Labute approximate surface area is 177 Å². The third kappa shape index (κ3) is 3.81. The van der Waals surface area contributed by atoms with Gasteiger partial charge in [-0.25, -0.2) is 4.79 Å². The number of benzene rings is 2. The Morgan fingerprint density at radius 2 is 1.53 bits per heavy atom. The minimum atomic E-state index is -1.02. The number of rotatable bonds is 6. The lowest BCUT2D eigenvalue weighted by Gasteiger charge is -2.34. The lowest BCUT2D eigenvalue weighted by atomic mass is 9.92. The van der Waals surface area contributed by atoms with E-state index in [1.54, 1.807) is 18.7 Å². The van der Waals surface area contributed by atoms with Crippen LogP contribution in [0.1, 0.15) is 56.6 Å². The van der Waals surface area contributed by atoms with Crippen molar-refractivity contribution in [2.75, 3.05) is 13.2 Å². The fourth-order valence-corrected chi connectivity index (χ4v) is 4.73. The van der Waals surface area contributed by atoms with E-state index in [4.69, 9.17) is 4.74 Å². The van der Waals surface area contributed by atoms with Crippen molar-refractivity contribution in [3.05, 3.63) is 59.7 Å². The number of fused-ring (bicyclic) bond motifs is 3. The van der Waals surface area contributed by atoms with Crippen LogP contribution in [0.2, 0.25) is 0 Å². The molecule has 2 aliphatic carbocycles. The van der Waals surface area contributed by atoms with Gasteiger partial charge < -0.3 is 14.7 Å². The molecule has 5 nitrogen and oxygen atoms in total. The SMILES string of the molecule is CC(C)(CN(C(=O)OCC1c2ccccc2-c2ccccc21)C1CCCC1)C(=O)O. The first-order valence-corrected chi connectivity index (χ1v) is 10.7. The highest BCUT2D eigenvalue weighted by Crippen LogP contribution is 2.44. The number of carbonyl (C=O) groups excluding carboxylic acids is 1. The van der Waals surface area contributed by atoms with Crippen molar-refractivity contribution in [1.82, 2.24) is 4.90 Å². The van der Waals surface area contributed by atoms with Crippen LogP contribution in [0.5, 0.6) is 0 Å². The molecule has 1 N–H and O–H groups in total. The number of hydrogen-bond acceptors (Lipinski definition) is 3. The second-order valence-corrected chi connectivity index (χ2v) is 9.06. The molecular formula is C25H29NO4. The molecule has 0 atom stereocenters. The number of amides is 1. The molecule has 30 heavy (non-hydrogen) atoms. The van der Waals surface area contributed by atoms with Crippen LogP contribution in [0.3, 0.4) is 0 Å². The van der Waals surface area contributed by atoms with Gasteiger partial charge in [0.1, 0.15) is 6.61 Å². The summed E-state index contributed by atoms with van der Waals surface area (Å²) in [7, 11) is 0. The average Bonchev–Trinajstić information content (AvgIpc) is 3.37. The highest BCUT2D eigenvalue weighted by Gasteiger charge is 2.37. The number of carboxylic acids is 1. The summed E-state index contributed by atoms with van der Waals surface area (Å²) in [5.41, 5.74) is 3.70. The van der Waals surface area contributed by atoms with Crippen molar-refractivity contribution >= 4 is 12.1 Å². The van der Waals surface area contributed by atoms with Gasteiger partial charge in [-0.3, -0.25) is 4.79 Å². The maximum Gasteiger partial charge on any atom is 0.410 e. The van der Waals surface area contributed by atoms with E-state index in [0.717, 1.165) is 25.7 Å². The molecule has 1 amide bonds. The summed E-state index contributed by atoms with van der Waals surface area (Å²) in [4.78, 5) is 26.4. The molecule has 0 aliphatic heterocycles. The predicted octanol–water partition coefficient (Wildman–Crippen LogP) is 5.29. The van der Waals surface area contributed by atoms with Gasteiger partial charge >= 0.3 is 12.1 Å². The third-order valence-electron chi connectivity index (χ3n) is 6.48. The highest BCUT2D eigenvalue weighted by atomic mass is 16.6. The summed E-state index contributed by atoms with van der Waals surface area (Å²) in [6.45, 7) is 3.73.